The molecule has 1 N–H and O–H groups in total. The van der Waals surface area contributed by atoms with Crippen LogP contribution in [0.4, 0.5) is 15.3 Å². The average Bonchev–Trinajstić information content (AvgIpc) is 2.60. The summed E-state index contributed by atoms with van der Waals surface area (Å²) in [4.78, 5) is 28.0. The Morgan fingerprint density at radius 2 is 1.59 bits per heavy atom. The van der Waals surface area contributed by atoms with Gasteiger partial charge in [0.05, 0.1) is 0 Å². The molecule has 0 bridgehead atoms. The van der Waals surface area contributed by atoms with E-state index in [-0.39, 0.29) is 12.1 Å². The summed E-state index contributed by atoms with van der Waals surface area (Å²) in [6.45, 7) is 7.42. The molecule has 0 atom stereocenters. The lowest BCUT2D eigenvalue weighted by atomic mass is 10.1. The van der Waals surface area contributed by atoms with E-state index >= 15 is 0 Å². The van der Waals surface area contributed by atoms with Gasteiger partial charge in [0.15, 0.2) is 0 Å². The number of carbonyl (C=O) groups is 2. The van der Waals surface area contributed by atoms with Crippen molar-refractivity contribution in [2.75, 3.05) is 31.5 Å². The molecule has 27 heavy (non-hydrogen) atoms. The van der Waals surface area contributed by atoms with Crippen LogP contribution in [0.2, 0.25) is 0 Å². The van der Waals surface area contributed by atoms with E-state index in [1.807, 2.05) is 57.2 Å². The second kappa shape index (κ2) is 7.76. The standard InChI is InChI=1S/C20H24BrN3O3/c1-20(2,3)27-19(26)24-10-8-23(9-11-24)18(25)22-17-7-5-14-4-6-16(21)12-15(14)13-17/h4-7,12-13H,8-11H2,1-3H3,(H,22,25). The number of nitrogens with one attached hydrogen (secondary N) is 1. The molecular formula is C20H24BrN3O3. The van der Waals surface area contributed by atoms with E-state index in [1.165, 1.54) is 0 Å². The highest BCUT2D eigenvalue weighted by atomic mass is 79.9. The van der Waals surface area contributed by atoms with E-state index < -0.39 is 5.60 Å². The molecule has 0 radical (unpaired) electrons. The smallest absolute Gasteiger partial charge is 0.410 e. The van der Waals surface area contributed by atoms with Crippen LogP contribution in [0.25, 0.3) is 10.8 Å². The van der Waals surface area contributed by atoms with Gasteiger partial charge in [-0.15, -0.1) is 0 Å². The van der Waals surface area contributed by atoms with Crippen LogP contribution in [0.15, 0.2) is 40.9 Å². The van der Waals surface area contributed by atoms with Gasteiger partial charge in [0.25, 0.3) is 0 Å². The number of piperazine rings is 1. The number of fused-ring (bicyclic) bond motifs is 1. The molecular weight excluding hydrogens is 410 g/mol. The summed E-state index contributed by atoms with van der Waals surface area (Å²) in [7, 11) is 0. The maximum atomic E-state index is 12.5. The van der Waals surface area contributed by atoms with Gasteiger partial charge in [-0.2, -0.15) is 0 Å². The molecule has 0 spiro atoms. The van der Waals surface area contributed by atoms with Crippen LogP contribution in [0, 0.1) is 0 Å². The predicted molar refractivity (Wildman–Crippen MR) is 110 cm³/mol. The van der Waals surface area contributed by atoms with Crippen molar-refractivity contribution in [3.63, 3.8) is 0 Å². The number of amides is 3. The maximum absolute atomic E-state index is 12.5. The molecule has 1 heterocycles. The number of anilines is 1. The zero-order valence-electron chi connectivity index (χ0n) is 15.8. The molecule has 0 aromatic heterocycles. The first-order chi connectivity index (χ1) is 12.7. The number of rotatable bonds is 1. The normalized spacial score (nSPS) is 15.0. The highest BCUT2D eigenvalue weighted by Crippen LogP contribution is 2.23. The lowest BCUT2D eigenvalue weighted by Gasteiger charge is -2.35. The first kappa shape index (κ1) is 19.5. The van der Waals surface area contributed by atoms with Crippen molar-refractivity contribution in [1.82, 2.24) is 9.80 Å². The zero-order valence-corrected chi connectivity index (χ0v) is 17.4. The Balaban J connectivity index is 1.57. The third-order valence-corrected chi connectivity index (χ3v) is 4.77. The summed E-state index contributed by atoms with van der Waals surface area (Å²) in [5.74, 6) is 0. The van der Waals surface area contributed by atoms with Crippen LogP contribution in [0.3, 0.4) is 0 Å². The fraction of sp³-hybridized carbons (Fsp3) is 0.400. The Morgan fingerprint density at radius 1 is 0.963 bits per heavy atom. The molecule has 1 saturated heterocycles. The third kappa shape index (κ3) is 5.13. The molecule has 0 saturated carbocycles. The molecule has 2 aromatic carbocycles. The molecule has 3 amide bonds. The van der Waals surface area contributed by atoms with Crippen LogP contribution >= 0.6 is 15.9 Å². The molecule has 0 unspecified atom stereocenters. The number of nitrogens with zero attached hydrogens (tertiary/aromatic N) is 2. The van der Waals surface area contributed by atoms with Gasteiger partial charge < -0.3 is 19.9 Å². The zero-order chi connectivity index (χ0) is 19.6. The molecule has 2 aromatic rings. The van der Waals surface area contributed by atoms with Gasteiger partial charge in [-0.1, -0.05) is 28.1 Å². The molecule has 0 aliphatic carbocycles. The van der Waals surface area contributed by atoms with Gasteiger partial charge in [0.2, 0.25) is 0 Å². The first-order valence-corrected chi connectivity index (χ1v) is 9.74. The average molecular weight is 434 g/mol. The molecule has 1 fully saturated rings. The van der Waals surface area contributed by atoms with Gasteiger partial charge in [0, 0.05) is 36.3 Å². The number of hydrogen-bond donors (Lipinski definition) is 1. The fourth-order valence-electron chi connectivity index (χ4n) is 2.92. The van der Waals surface area contributed by atoms with Crippen molar-refractivity contribution >= 4 is 44.5 Å². The monoisotopic (exact) mass is 433 g/mol. The fourth-order valence-corrected chi connectivity index (χ4v) is 3.30. The largest absolute Gasteiger partial charge is 0.444 e. The Labute approximate surface area is 167 Å². The van der Waals surface area contributed by atoms with Crippen molar-refractivity contribution in [3.8, 4) is 0 Å². The predicted octanol–water partition coefficient (Wildman–Crippen LogP) is 4.69. The number of benzene rings is 2. The summed E-state index contributed by atoms with van der Waals surface area (Å²) < 4.78 is 6.38. The van der Waals surface area contributed by atoms with Gasteiger partial charge >= 0.3 is 12.1 Å². The van der Waals surface area contributed by atoms with Gasteiger partial charge in [-0.3, -0.25) is 0 Å². The summed E-state index contributed by atoms with van der Waals surface area (Å²) in [5, 5.41) is 5.11. The van der Waals surface area contributed by atoms with Crippen LogP contribution < -0.4 is 5.32 Å². The van der Waals surface area contributed by atoms with Crippen LogP contribution in [-0.4, -0.2) is 53.7 Å². The summed E-state index contributed by atoms with van der Waals surface area (Å²) in [6.07, 6.45) is -0.331. The Morgan fingerprint density at radius 3 is 2.26 bits per heavy atom. The number of halogens is 1. The minimum absolute atomic E-state index is 0.159. The highest BCUT2D eigenvalue weighted by Gasteiger charge is 2.27. The van der Waals surface area contributed by atoms with E-state index in [0.29, 0.717) is 26.2 Å². The minimum atomic E-state index is -0.517. The second-order valence-electron chi connectivity index (χ2n) is 7.59. The SMILES string of the molecule is CC(C)(C)OC(=O)N1CCN(C(=O)Nc2ccc3ccc(Br)cc3c2)CC1. The van der Waals surface area contributed by atoms with E-state index in [9.17, 15) is 9.59 Å². The van der Waals surface area contributed by atoms with Crippen LogP contribution in [-0.2, 0) is 4.74 Å². The maximum Gasteiger partial charge on any atom is 0.410 e. The van der Waals surface area contributed by atoms with E-state index in [4.69, 9.17) is 4.74 Å². The van der Waals surface area contributed by atoms with Crippen LogP contribution in [0.1, 0.15) is 20.8 Å². The second-order valence-corrected chi connectivity index (χ2v) is 8.51. The van der Waals surface area contributed by atoms with E-state index in [0.717, 1.165) is 20.9 Å². The lowest BCUT2D eigenvalue weighted by Crippen LogP contribution is -2.52. The summed E-state index contributed by atoms with van der Waals surface area (Å²) in [6, 6.07) is 11.7. The van der Waals surface area contributed by atoms with E-state index in [1.54, 1.807) is 9.80 Å². The lowest BCUT2D eigenvalue weighted by molar-refractivity contribution is 0.0174. The van der Waals surface area contributed by atoms with Crippen molar-refractivity contribution in [1.29, 1.82) is 0 Å². The molecule has 1 aliphatic heterocycles. The van der Waals surface area contributed by atoms with Crippen molar-refractivity contribution in [2.45, 2.75) is 26.4 Å². The molecule has 6 nitrogen and oxygen atoms in total. The van der Waals surface area contributed by atoms with E-state index in [2.05, 4.69) is 21.2 Å². The quantitative estimate of drug-likeness (QED) is 0.709. The molecule has 3 rings (SSSR count). The van der Waals surface area contributed by atoms with Gasteiger partial charge in [-0.25, -0.2) is 9.59 Å². The molecule has 7 heteroatoms. The third-order valence-electron chi connectivity index (χ3n) is 4.27. The number of hydrogen-bond acceptors (Lipinski definition) is 3. The first-order valence-electron chi connectivity index (χ1n) is 8.94. The van der Waals surface area contributed by atoms with Crippen molar-refractivity contribution in [3.05, 3.63) is 40.9 Å². The Hall–Kier alpha value is -2.28. The topological polar surface area (TPSA) is 61.9 Å². The number of carbonyl (C=O) groups excluding carboxylic acids is 2. The summed E-state index contributed by atoms with van der Waals surface area (Å²) >= 11 is 3.47. The molecule has 1 aliphatic rings. The highest BCUT2D eigenvalue weighted by molar-refractivity contribution is 9.10. The molecule has 144 valence electrons. The van der Waals surface area contributed by atoms with Crippen LogP contribution in [0.5, 0.6) is 0 Å². The van der Waals surface area contributed by atoms with Crippen molar-refractivity contribution < 1.29 is 14.3 Å². The minimum Gasteiger partial charge on any atom is -0.444 e. The Bertz CT molecular complexity index is 855. The Kier molecular flexibility index (Phi) is 5.60. The van der Waals surface area contributed by atoms with Gasteiger partial charge in [0.1, 0.15) is 5.60 Å². The number of urea groups is 1. The van der Waals surface area contributed by atoms with Gasteiger partial charge in [-0.05, 0) is 55.8 Å². The summed E-state index contributed by atoms with van der Waals surface area (Å²) in [5.41, 5.74) is 0.233. The van der Waals surface area contributed by atoms with Crippen molar-refractivity contribution in [2.24, 2.45) is 0 Å². The number of ether oxygens (including phenoxy) is 1.